The lowest BCUT2D eigenvalue weighted by Gasteiger charge is -2.18. The molecule has 3 N–H and O–H groups in total. The molecule has 0 radical (unpaired) electrons. The molecule has 2 aromatic rings. The number of thiophene rings is 1. The number of guanidine groups is 1. The van der Waals surface area contributed by atoms with Gasteiger partial charge in [0.15, 0.2) is 5.96 Å². The number of rotatable bonds is 9. The summed E-state index contributed by atoms with van der Waals surface area (Å²) in [4.78, 5) is 5.84. The first-order chi connectivity index (χ1) is 12.6. The summed E-state index contributed by atoms with van der Waals surface area (Å²) < 4.78 is 5.77. The van der Waals surface area contributed by atoms with Crippen LogP contribution in [0.1, 0.15) is 36.0 Å². The highest BCUT2D eigenvalue weighted by atomic mass is 32.1. The number of aryl methyl sites for hydroxylation is 1. The molecule has 1 aromatic carbocycles. The molecule has 6 heteroatoms. The average molecular weight is 376 g/mol. The fraction of sp³-hybridized carbons (Fsp3) is 0.450. The maximum atomic E-state index is 10.2. The van der Waals surface area contributed by atoms with Crippen LogP contribution in [0.2, 0.25) is 0 Å². The zero-order chi connectivity index (χ0) is 18.8. The Kier molecular flexibility index (Phi) is 8.61. The Bertz CT molecular complexity index is 673. The number of nitrogens with one attached hydrogen (secondary N) is 2. The number of hydrogen-bond donors (Lipinski definition) is 3. The van der Waals surface area contributed by atoms with Gasteiger partial charge in [-0.25, -0.2) is 4.99 Å². The number of nitrogens with zero attached hydrogens (tertiary/aromatic N) is 1. The summed E-state index contributed by atoms with van der Waals surface area (Å²) >= 11 is 1.71. The van der Waals surface area contributed by atoms with Gasteiger partial charge in [0.1, 0.15) is 0 Å². The van der Waals surface area contributed by atoms with Gasteiger partial charge in [0.25, 0.3) is 0 Å². The van der Waals surface area contributed by atoms with Crippen molar-refractivity contribution in [1.29, 1.82) is 0 Å². The quantitative estimate of drug-likeness (QED) is 0.465. The van der Waals surface area contributed by atoms with Crippen molar-refractivity contribution in [1.82, 2.24) is 10.6 Å². The van der Waals surface area contributed by atoms with Crippen molar-refractivity contribution < 1.29 is 9.84 Å². The van der Waals surface area contributed by atoms with Crippen molar-refractivity contribution in [2.45, 2.75) is 39.5 Å². The van der Waals surface area contributed by atoms with Crippen LogP contribution < -0.4 is 10.6 Å². The SMILES string of the molecule is CCNC(=NCc1sccc1C)NCC(O)COC(C)c1ccccc1. The van der Waals surface area contributed by atoms with Gasteiger partial charge in [0.2, 0.25) is 0 Å². The molecule has 0 saturated carbocycles. The normalized spacial score (nSPS) is 14.1. The molecule has 0 aliphatic carbocycles. The van der Waals surface area contributed by atoms with Crippen molar-refractivity contribution in [2.24, 2.45) is 4.99 Å². The molecule has 142 valence electrons. The third-order valence-electron chi connectivity index (χ3n) is 4.01. The first-order valence-electron chi connectivity index (χ1n) is 9.00. The van der Waals surface area contributed by atoms with Crippen molar-refractivity contribution in [2.75, 3.05) is 19.7 Å². The number of aliphatic imine (C=N–C) groups is 1. The Morgan fingerprint density at radius 2 is 2.00 bits per heavy atom. The highest BCUT2D eigenvalue weighted by Gasteiger charge is 2.10. The van der Waals surface area contributed by atoms with E-state index in [2.05, 4.69) is 34.0 Å². The van der Waals surface area contributed by atoms with E-state index in [1.165, 1.54) is 10.4 Å². The molecule has 5 nitrogen and oxygen atoms in total. The summed E-state index contributed by atoms with van der Waals surface area (Å²) in [5, 5.41) is 18.7. The van der Waals surface area contributed by atoms with Crippen molar-refractivity contribution in [3.8, 4) is 0 Å². The molecule has 0 spiro atoms. The minimum Gasteiger partial charge on any atom is -0.389 e. The third-order valence-corrected chi connectivity index (χ3v) is 5.01. The van der Waals surface area contributed by atoms with Gasteiger partial charge < -0.3 is 20.5 Å². The Morgan fingerprint density at radius 3 is 2.65 bits per heavy atom. The van der Waals surface area contributed by atoms with Crippen LogP contribution in [-0.2, 0) is 11.3 Å². The molecule has 2 unspecified atom stereocenters. The molecule has 1 heterocycles. The molecule has 26 heavy (non-hydrogen) atoms. The van der Waals surface area contributed by atoms with E-state index < -0.39 is 6.10 Å². The van der Waals surface area contributed by atoms with Gasteiger partial charge in [-0.2, -0.15) is 0 Å². The molecular weight excluding hydrogens is 346 g/mol. The second kappa shape index (κ2) is 11.0. The van der Waals surface area contributed by atoms with Gasteiger partial charge >= 0.3 is 0 Å². The molecule has 0 aliphatic heterocycles. The van der Waals surface area contributed by atoms with Gasteiger partial charge in [0.05, 0.1) is 25.4 Å². The van der Waals surface area contributed by atoms with E-state index in [9.17, 15) is 5.11 Å². The first kappa shape index (κ1) is 20.4. The monoisotopic (exact) mass is 375 g/mol. The van der Waals surface area contributed by atoms with Crippen LogP contribution >= 0.6 is 11.3 Å². The minimum atomic E-state index is -0.603. The number of hydrogen-bond acceptors (Lipinski definition) is 4. The summed E-state index contributed by atoms with van der Waals surface area (Å²) in [6, 6.07) is 12.1. The third kappa shape index (κ3) is 6.78. The largest absolute Gasteiger partial charge is 0.389 e. The second-order valence-electron chi connectivity index (χ2n) is 6.14. The molecular formula is C20H29N3O2S. The highest BCUT2D eigenvalue weighted by molar-refractivity contribution is 7.10. The van der Waals surface area contributed by atoms with Crippen LogP contribution in [0.15, 0.2) is 46.8 Å². The van der Waals surface area contributed by atoms with Gasteiger partial charge in [-0.05, 0) is 43.3 Å². The standard InChI is InChI=1S/C20H29N3O2S/c1-4-21-20(23-13-19-15(2)10-11-26-19)22-12-18(24)14-25-16(3)17-8-6-5-7-9-17/h5-11,16,18,24H,4,12-14H2,1-3H3,(H2,21,22,23). The van der Waals surface area contributed by atoms with Gasteiger partial charge in [-0.3, -0.25) is 0 Å². The van der Waals surface area contributed by atoms with E-state index in [1.807, 2.05) is 44.2 Å². The van der Waals surface area contributed by atoms with Crippen LogP contribution in [0.5, 0.6) is 0 Å². The fourth-order valence-electron chi connectivity index (χ4n) is 2.41. The number of aliphatic hydroxyl groups excluding tert-OH is 1. The molecule has 0 saturated heterocycles. The zero-order valence-electron chi connectivity index (χ0n) is 15.7. The van der Waals surface area contributed by atoms with Crippen molar-refractivity contribution in [3.05, 3.63) is 57.8 Å². The van der Waals surface area contributed by atoms with Crippen LogP contribution in [0.4, 0.5) is 0 Å². The van der Waals surface area contributed by atoms with E-state index in [-0.39, 0.29) is 12.7 Å². The first-order valence-corrected chi connectivity index (χ1v) is 9.87. The van der Waals surface area contributed by atoms with Crippen molar-refractivity contribution >= 4 is 17.3 Å². The highest BCUT2D eigenvalue weighted by Crippen LogP contribution is 2.17. The van der Waals surface area contributed by atoms with E-state index in [1.54, 1.807) is 11.3 Å². The molecule has 1 aromatic heterocycles. The predicted octanol–water partition coefficient (Wildman–Crippen LogP) is 3.25. The van der Waals surface area contributed by atoms with E-state index in [0.29, 0.717) is 19.0 Å². The topological polar surface area (TPSA) is 65.9 Å². The number of ether oxygens (including phenoxy) is 1. The number of benzene rings is 1. The summed E-state index contributed by atoms with van der Waals surface area (Å²) in [6.07, 6.45) is -0.650. The molecule has 2 rings (SSSR count). The molecule has 0 fully saturated rings. The fourth-order valence-corrected chi connectivity index (χ4v) is 3.24. The number of aliphatic hydroxyl groups is 1. The predicted molar refractivity (Wildman–Crippen MR) is 109 cm³/mol. The van der Waals surface area contributed by atoms with Gasteiger partial charge in [-0.15, -0.1) is 11.3 Å². The Labute approximate surface area is 160 Å². The summed E-state index contributed by atoms with van der Waals surface area (Å²) in [6.45, 7) is 8.17. The second-order valence-corrected chi connectivity index (χ2v) is 7.14. The van der Waals surface area contributed by atoms with E-state index >= 15 is 0 Å². The molecule has 2 atom stereocenters. The van der Waals surface area contributed by atoms with Crippen LogP contribution in [-0.4, -0.2) is 36.9 Å². The maximum absolute atomic E-state index is 10.2. The average Bonchev–Trinajstić information content (AvgIpc) is 3.07. The zero-order valence-corrected chi connectivity index (χ0v) is 16.6. The van der Waals surface area contributed by atoms with Crippen LogP contribution in [0.3, 0.4) is 0 Å². The lowest BCUT2D eigenvalue weighted by Crippen LogP contribution is -2.42. The smallest absolute Gasteiger partial charge is 0.191 e. The summed E-state index contributed by atoms with van der Waals surface area (Å²) in [5.41, 5.74) is 2.37. The summed E-state index contributed by atoms with van der Waals surface area (Å²) in [7, 11) is 0. The Hall–Kier alpha value is -1.89. The lowest BCUT2D eigenvalue weighted by atomic mass is 10.1. The molecule has 0 amide bonds. The lowest BCUT2D eigenvalue weighted by molar-refractivity contribution is -0.000599. The minimum absolute atomic E-state index is 0.0467. The van der Waals surface area contributed by atoms with Crippen LogP contribution in [0.25, 0.3) is 0 Å². The molecule has 0 aliphatic rings. The molecule has 0 bridgehead atoms. The Balaban J connectivity index is 1.77. The van der Waals surface area contributed by atoms with E-state index in [0.717, 1.165) is 12.1 Å². The van der Waals surface area contributed by atoms with Gasteiger partial charge in [-0.1, -0.05) is 30.3 Å². The Morgan fingerprint density at radius 1 is 1.23 bits per heavy atom. The summed E-state index contributed by atoms with van der Waals surface area (Å²) in [5.74, 6) is 0.704. The van der Waals surface area contributed by atoms with Crippen LogP contribution in [0, 0.1) is 6.92 Å². The van der Waals surface area contributed by atoms with E-state index in [4.69, 9.17) is 4.74 Å². The van der Waals surface area contributed by atoms with Gasteiger partial charge in [0, 0.05) is 18.0 Å². The van der Waals surface area contributed by atoms with Crippen molar-refractivity contribution in [3.63, 3.8) is 0 Å². The maximum Gasteiger partial charge on any atom is 0.191 e.